The highest BCUT2D eigenvalue weighted by Gasteiger charge is 2.28. The van der Waals surface area contributed by atoms with Crippen molar-refractivity contribution in [2.45, 2.75) is 150 Å². The molecule has 0 heteroatoms. The predicted octanol–water partition coefficient (Wildman–Crippen LogP) is 9.96. The van der Waals surface area contributed by atoms with Crippen LogP contribution in [-0.2, 0) is 0 Å². The van der Waals surface area contributed by atoms with Crippen molar-refractivity contribution < 1.29 is 0 Å². The smallest absolute Gasteiger partial charge is 0.0386 e. The topological polar surface area (TPSA) is 0 Å². The number of hydrogen-bond donors (Lipinski definition) is 0. The Morgan fingerprint density at radius 1 is 0.556 bits per heavy atom. The molecule has 3 rings (SSSR count). The number of unbranched alkanes of at least 4 members (excludes halogenated alkanes) is 3. The molecule has 3 aliphatic carbocycles. The standard InChI is InChI=1S/C18H34.C7H14.C2H6/c1-2-3-4-6-9-16-12-14-18(15-13-16)17-10-7-5-8-11-17;1-7-5-3-2-4-6-7;1-2/h16-18H,2-15H2,1H3;7H,2-6H2,1H3;1-2H3. The maximum absolute atomic E-state index is 2.36. The van der Waals surface area contributed by atoms with Gasteiger partial charge in [-0.05, 0) is 36.5 Å². The van der Waals surface area contributed by atoms with Gasteiger partial charge in [0.25, 0.3) is 0 Å². The first kappa shape index (κ1) is 25.0. The number of hydrogen-bond acceptors (Lipinski definition) is 0. The predicted molar refractivity (Wildman–Crippen MR) is 124 cm³/mol. The highest BCUT2D eigenvalue weighted by atomic mass is 14.3. The highest BCUT2D eigenvalue weighted by molar-refractivity contribution is 4.79. The lowest BCUT2D eigenvalue weighted by atomic mass is 9.70. The van der Waals surface area contributed by atoms with Crippen LogP contribution in [0.25, 0.3) is 0 Å². The molecule has 3 fully saturated rings. The van der Waals surface area contributed by atoms with Crippen molar-refractivity contribution in [3.63, 3.8) is 0 Å². The SMILES string of the molecule is CC.CC1CCCCC1.CCCCCCC1CCC(C2CCCCC2)CC1. The minimum Gasteiger partial charge on any atom is -0.0683 e. The van der Waals surface area contributed by atoms with Crippen molar-refractivity contribution in [3.8, 4) is 0 Å². The Bertz CT molecular complexity index is 287. The third kappa shape index (κ3) is 11.6. The van der Waals surface area contributed by atoms with Gasteiger partial charge in [-0.2, -0.15) is 0 Å². The van der Waals surface area contributed by atoms with Crippen molar-refractivity contribution >= 4 is 0 Å². The van der Waals surface area contributed by atoms with Gasteiger partial charge < -0.3 is 0 Å². The molecule has 0 aromatic heterocycles. The first-order valence-corrected chi connectivity index (χ1v) is 13.3. The molecule has 0 unspecified atom stereocenters. The molecule has 162 valence electrons. The Hall–Kier alpha value is 0. The van der Waals surface area contributed by atoms with E-state index in [-0.39, 0.29) is 0 Å². The fourth-order valence-electron chi connectivity index (χ4n) is 5.72. The Morgan fingerprint density at radius 2 is 1.07 bits per heavy atom. The van der Waals surface area contributed by atoms with Gasteiger partial charge in [-0.3, -0.25) is 0 Å². The van der Waals surface area contributed by atoms with Crippen LogP contribution in [0.2, 0.25) is 0 Å². The van der Waals surface area contributed by atoms with Crippen molar-refractivity contribution in [1.29, 1.82) is 0 Å². The summed E-state index contributed by atoms with van der Waals surface area (Å²) < 4.78 is 0. The molecule has 0 radical (unpaired) electrons. The summed E-state index contributed by atoms with van der Waals surface area (Å²) in [6.07, 6.45) is 28.8. The maximum atomic E-state index is 2.36. The summed E-state index contributed by atoms with van der Waals surface area (Å²) in [5, 5.41) is 0. The second-order valence-electron chi connectivity index (χ2n) is 9.77. The van der Waals surface area contributed by atoms with Gasteiger partial charge in [-0.15, -0.1) is 0 Å². The molecule has 3 saturated carbocycles. The van der Waals surface area contributed by atoms with Gasteiger partial charge in [-0.1, -0.05) is 137 Å². The lowest BCUT2D eigenvalue weighted by Gasteiger charge is -2.36. The quantitative estimate of drug-likeness (QED) is 0.403. The highest BCUT2D eigenvalue weighted by Crippen LogP contribution is 2.41. The minimum absolute atomic E-state index is 1.04. The maximum Gasteiger partial charge on any atom is -0.0386 e. The van der Waals surface area contributed by atoms with Gasteiger partial charge >= 0.3 is 0 Å². The molecule has 0 spiro atoms. The first-order valence-electron chi connectivity index (χ1n) is 13.3. The zero-order valence-corrected chi connectivity index (χ0v) is 19.7. The van der Waals surface area contributed by atoms with Crippen LogP contribution in [0.1, 0.15) is 150 Å². The summed E-state index contributed by atoms with van der Waals surface area (Å²) in [4.78, 5) is 0. The van der Waals surface area contributed by atoms with Gasteiger partial charge in [0.05, 0.1) is 0 Å². The van der Waals surface area contributed by atoms with E-state index in [0.717, 1.165) is 23.7 Å². The van der Waals surface area contributed by atoms with E-state index in [1.807, 2.05) is 13.8 Å². The van der Waals surface area contributed by atoms with Crippen molar-refractivity contribution in [2.75, 3.05) is 0 Å². The lowest BCUT2D eigenvalue weighted by molar-refractivity contribution is 0.162. The average Bonchev–Trinajstić information content (AvgIpc) is 2.75. The van der Waals surface area contributed by atoms with Crippen molar-refractivity contribution in [3.05, 3.63) is 0 Å². The molecule has 0 aromatic carbocycles. The van der Waals surface area contributed by atoms with Crippen LogP contribution in [0.15, 0.2) is 0 Å². The molecule has 0 amide bonds. The Morgan fingerprint density at radius 3 is 1.56 bits per heavy atom. The fraction of sp³-hybridized carbons (Fsp3) is 1.00. The summed E-state index contributed by atoms with van der Waals surface area (Å²) >= 11 is 0. The van der Waals surface area contributed by atoms with Crippen LogP contribution in [0.3, 0.4) is 0 Å². The van der Waals surface area contributed by atoms with Crippen LogP contribution in [0.5, 0.6) is 0 Å². The van der Waals surface area contributed by atoms with E-state index in [1.165, 1.54) is 83.5 Å². The summed E-state index contributed by atoms with van der Waals surface area (Å²) in [6, 6.07) is 0. The molecule has 0 saturated heterocycles. The molecule has 27 heavy (non-hydrogen) atoms. The summed E-state index contributed by atoms with van der Waals surface area (Å²) in [5.74, 6) is 4.38. The van der Waals surface area contributed by atoms with E-state index in [0.29, 0.717) is 0 Å². The van der Waals surface area contributed by atoms with Gasteiger partial charge in [0.15, 0.2) is 0 Å². The minimum atomic E-state index is 1.04. The molecular weight excluding hydrogens is 324 g/mol. The van der Waals surface area contributed by atoms with E-state index >= 15 is 0 Å². The van der Waals surface area contributed by atoms with E-state index in [2.05, 4.69) is 13.8 Å². The molecular formula is C27H54. The molecule has 3 aliphatic rings. The first-order chi connectivity index (χ1) is 13.3. The Kier molecular flexibility index (Phi) is 15.7. The van der Waals surface area contributed by atoms with E-state index in [4.69, 9.17) is 0 Å². The monoisotopic (exact) mass is 378 g/mol. The van der Waals surface area contributed by atoms with Crippen molar-refractivity contribution in [1.82, 2.24) is 0 Å². The van der Waals surface area contributed by atoms with Crippen LogP contribution < -0.4 is 0 Å². The van der Waals surface area contributed by atoms with Gasteiger partial charge in [0.2, 0.25) is 0 Å². The Labute approximate surface area is 173 Å². The second-order valence-corrected chi connectivity index (χ2v) is 9.77. The third-order valence-electron chi connectivity index (χ3n) is 7.57. The normalized spacial score (nSPS) is 27.1. The molecule has 0 heterocycles. The average molecular weight is 379 g/mol. The molecule has 0 N–H and O–H groups in total. The number of rotatable bonds is 6. The van der Waals surface area contributed by atoms with Crippen LogP contribution in [0.4, 0.5) is 0 Å². The molecule has 0 aliphatic heterocycles. The molecule has 0 bridgehead atoms. The molecule has 0 nitrogen and oxygen atoms in total. The van der Waals surface area contributed by atoms with E-state index in [1.54, 1.807) is 38.5 Å². The van der Waals surface area contributed by atoms with E-state index < -0.39 is 0 Å². The van der Waals surface area contributed by atoms with E-state index in [9.17, 15) is 0 Å². The molecule has 0 aromatic rings. The summed E-state index contributed by atoms with van der Waals surface area (Å²) in [6.45, 7) is 8.68. The zero-order chi connectivity index (χ0) is 19.7. The zero-order valence-electron chi connectivity index (χ0n) is 19.7. The van der Waals surface area contributed by atoms with Crippen LogP contribution in [-0.4, -0.2) is 0 Å². The molecule has 0 atom stereocenters. The van der Waals surface area contributed by atoms with Gasteiger partial charge in [0.1, 0.15) is 0 Å². The largest absolute Gasteiger partial charge is 0.0683 e. The van der Waals surface area contributed by atoms with Crippen molar-refractivity contribution in [2.24, 2.45) is 23.7 Å². The van der Waals surface area contributed by atoms with Crippen LogP contribution >= 0.6 is 0 Å². The lowest BCUT2D eigenvalue weighted by Crippen LogP contribution is -2.23. The fourth-order valence-corrected chi connectivity index (χ4v) is 5.72. The third-order valence-corrected chi connectivity index (χ3v) is 7.57. The van der Waals surface area contributed by atoms with Gasteiger partial charge in [-0.25, -0.2) is 0 Å². The van der Waals surface area contributed by atoms with Crippen LogP contribution in [0, 0.1) is 23.7 Å². The second kappa shape index (κ2) is 16.9. The Balaban J connectivity index is 0.000000338. The van der Waals surface area contributed by atoms with Gasteiger partial charge in [0, 0.05) is 0 Å². The summed E-state index contributed by atoms with van der Waals surface area (Å²) in [7, 11) is 0. The summed E-state index contributed by atoms with van der Waals surface area (Å²) in [5.41, 5.74) is 0.